The number of benzene rings is 2. The van der Waals surface area contributed by atoms with Crippen LogP contribution in [-0.2, 0) is 19.5 Å². The molecule has 0 radical (unpaired) electrons. The number of aromatic nitrogens is 1. The molecule has 1 atom stereocenters. The Labute approximate surface area is 201 Å². The monoisotopic (exact) mass is 479 g/mol. The number of aliphatic hydroxyl groups is 1. The third-order valence-corrected chi connectivity index (χ3v) is 6.01. The van der Waals surface area contributed by atoms with E-state index in [0.717, 1.165) is 12.8 Å². The number of unbranched alkanes of at least 4 members (excludes halogenated alkanes) is 1. The standard InChI is InChI=1S/C26H26FN3O5/c27-19-11-9-18(10-12-19)14-28-25(34)20-15-29-16-21(31)30(26(35)22(29)24(33)23(20)32)13-5-4-8-17-6-2-1-3-7-17/h1-3,6-7,9-12,15,21,31,33H,4-5,8,13-14,16H2,(H,28,34). The van der Waals surface area contributed by atoms with E-state index in [9.17, 15) is 29.0 Å². The molecule has 1 aliphatic rings. The first kappa shape index (κ1) is 24.2. The summed E-state index contributed by atoms with van der Waals surface area (Å²) >= 11 is 0. The number of amides is 2. The maximum absolute atomic E-state index is 13.0. The molecule has 0 spiro atoms. The van der Waals surface area contributed by atoms with Gasteiger partial charge in [-0.15, -0.1) is 0 Å². The minimum absolute atomic E-state index is 0.0411. The molecular formula is C26H26FN3O5. The Kier molecular flexibility index (Phi) is 7.26. The van der Waals surface area contributed by atoms with Crippen LogP contribution in [0.5, 0.6) is 5.75 Å². The fraction of sp³-hybridized carbons (Fsp3) is 0.269. The molecule has 0 saturated heterocycles. The number of hydrogen-bond acceptors (Lipinski definition) is 5. The fourth-order valence-electron chi connectivity index (χ4n) is 4.11. The maximum atomic E-state index is 13.0. The van der Waals surface area contributed by atoms with Gasteiger partial charge in [0.15, 0.2) is 11.4 Å². The normalized spacial score (nSPS) is 15.1. The zero-order valence-electron chi connectivity index (χ0n) is 19.0. The highest BCUT2D eigenvalue weighted by Crippen LogP contribution is 2.23. The molecule has 2 aromatic carbocycles. The molecule has 8 nitrogen and oxygen atoms in total. The van der Waals surface area contributed by atoms with E-state index in [4.69, 9.17) is 0 Å². The maximum Gasteiger partial charge on any atom is 0.276 e. The molecule has 4 rings (SSSR count). The summed E-state index contributed by atoms with van der Waals surface area (Å²) in [6, 6.07) is 15.4. The van der Waals surface area contributed by atoms with Crippen LogP contribution in [0.3, 0.4) is 0 Å². The minimum Gasteiger partial charge on any atom is -0.503 e. The Bertz CT molecular complexity index is 1270. The first-order chi connectivity index (χ1) is 16.8. The van der Waals surface area contributed by atoms with Crippen LogP contribution in [0.2, 0.25) is 0 Å². The summed E-state index contributed by atoms with van der Waals surface area (Å²) in [5.41, 5.74) is 0.220. The molecule has 2 heterocycles. The molecule has 2 amide bonds. The summed E-state index contributed by atoms with van der Waals surface area (Å²) in [7, 11) is 0. The number of fused-ring (bicyclic) bond motifs is 1. The van der Waals surface area contributed by atoms with E-state index >= 15 is 0 Å². The molecule has 0 saturated carbocycles. The molecule has 9 heteroatoms. The molecule has 1 aliphatic heterocycles. The lowest BCUT2D eigenvalue weighted by atomic mass is 10.1. The van der Waals surface area contributed by atoms with E-state index in [1.54, 1.807) is 0 Å². The summed E-state index contributed by atoms with van der Waals surface area (Å²) in [5, 5.41) is 23.6. The molecule has 0 bridgehead atoms. The van der Waals surface area contributed by atoms with Gasteiger partial charge in [-0.25, -0.2) is 4.39 Å². The number of halogens is 1. The number of carbonyl (C=O) groups is 2. The Morgan fingerprint density at radius 3 is 2.46 bits per heavy atom. The Morgan fingerprint density at radius 1 is 1.03 bits per heavy atom. The molecule has 182 valence electrons. The number of aliphatic hydroxyl groups excluding tert-OH is 1. The van der Waals surface area contributed by atoms with Crippen molar-refractivity contribution in [2.45, 2.75) is 38.6 Å². The van der Waals surface area contributed by atoms with E-state index in [1.807, 2.05) is 30.3 Å². The van der Waals surface area contributed by atoms with Crippen LogP contribution in [0, 0.1) is 5.82 Å². The predicted octanol–water partition coefficient (Wildman–Crippen LogP) is 2.42. The van der Waals surface area contributed by atoms with Crippen LogP contribution in [-0.4, -0.2) is 44.3 Å². The van der Waals surface area contributed by atoms with Gasteiger partial charge in [0, 0.05) is 19.3 Å². The number of aryl methyl sites for hydroxylation is 1. The quantitative estimate of drug-likeness (QED) is 0.430. The number of rotatable bonds is 8. The van der Waals surface area contributed by atoms with Crippen molar-refractivity contribution in [2.24, 2.45) is 0 Å². The smallest absolute Gasteiger partial charge is 0.276 e. The summed E-state index contributed by atoms with van der Waals surface area (Å²) in [5.74, 6) is -2.66. The van der Waals surface area contributed by atoms with Gasteiger partial charge in [-0.1, -0.05) is 42.5 Å². The first-order valence-corrected chi connectivity index (χ1v) is 11.4. The second-order valence-corrected chi connectivity index (χ2v) is 8.45. The largest absolute Gasteiger partial charge is 0.503 e. The van der Waals surface area contributed by atoms with Gasteiger partial charge < -0.3 is 25.0 Å². The second-order valence-electron chi connectivity index (χ2n) is 8.45. The molecule has 0 fully saturated rings. The molecular weight excluding hydrogens is 453 g/mol. The number of carbonyl (C=O) groups excluding carboxylic acids is 2. The third kappa shape index (κ3) is 5.41. The van der Waals surface area contributed by atoms with Crippen molar-refractivity contribution in [3.63, 3.8) is 0 Å². The topological polar surface area (TPSA) is 112 Å². The van der Waals surface area contributed by atoms with Gasteiger partial charge in [0.05, 0.1) is 6.54 Å². The number of pyridine rings is 1. The van der Waals surface area contributed by atoms with E-state index in [1.165, 1.54) is 45.5 Å². The molecule has 3 aromatic rings. The van der Waals surface area contributed by atoms with Crippen molar-refractivity contribution in [3.05, 3.63) is 99.2 Å². The van der Waals surface area contributed by atoms with Gasteiger partial charge in [-0.05, 0) is 42.5 Å². The van der Waals surface area contributed by atoms with Crippen molar-refractivity contribution in [3.8, 4) is 5.75 Å². The van der Waals surface area contributed by atoms with Crippen molar-refractivity contribution in [1.82, 2.24) is 14.8 Å². The van der Waals surface area contributed by atoms with E-state index in [-0.39, 0.29) is 30.9 Å². The lowest BCUT2D eigenvalue weighted by Gasteiger charge is -2.34. The highest BCUT2D eigenvalue weighted by molar-refractivity contribution is 5.99. The summed E-state index contributed by atoms with van der Waals surface area (Å²) < 4.78 is 14.3. The second kappa shape index (κ2) is 10.5. The molecule has 1 aromatic heterocycles. The predicted molar refractivity (Wildman–Crippen MR) is 126 cm³/mol. The van der Waals surface area contributed by atoms with E-state index in [2.05, 4.69) is 5.32 Å². The van der Waals surface area contributed by atoms with Gasteiger partial charge in [-0.2, -0.15) is 0 Å². The number of nitrogens with zero attached hydrogens (tertiary/aromatic N) is 2. The third-order valence-electron chi connectivity index (χ3n) is 6.01. The molecule has 35 heavy (non-hydrogen) atoms. The number of nitrogens with one attached hydrogen (secondary N) is 1. The van der Waals surface area contributed by atoms with Gasteiger partial charge in [0.1, 0.15) is 17.6 Å². The fourth-order valence-corrected chi connectivity index (χ4v) is 4.11. The first-order valence-electron chi connectivity index (χ1n) is 11.4. The van der Waals surface area contributed by atoms with Gasteiger partial charge in [0.2, 0.25) is 5.43 Å². The van der Waals surface area contributed by atoms with Crippen molar-refractivity contribution in [2.75, 3.05) is 6.54 Å². The van der Waals surface area contributed by atoms with Gasteiger partial charge in [-0.3, -0.25) is 14.4 Å². The highest BCUT2D eigenvalue weighted by Gasteiger charge is 2.35. The minimum atomic E-state index is -1.16. The van der Waals surface area contributed by atoms with Crippen LogP contribution in [0.1, 0.15) is 44.8 Å². The number of aromatic hydroxyl groups is 1. The summed E-state index contributed by atoms with van der Waals surface area (Å²) in [6.07, 6.45) is 2.27. The van der Waals surface area contributed by atoms with Gasteiger partial charge in [0.25, 0.3) is 11.8 Å². The van der Waals surface area contributed by atoms with Crippen LogP contribution in [0.4, 0.5) is 4.39 Å². The van der Waals surface area contributed by atoms with Crippen molar-refractivity contribution < 1.29 is 24.2 Å². The Hall–Kier alpha value is -3.98. The molecule has 0 aliphatic carbocycles. The summed E-state index contributed by atoms with van der Waals surface area (Å²) in [6.45, 7) is 0.214. The molecule has 1 unspecified atom stereocenters. The van der Waals surface area contributed by atoms with Crippen molar-refractivity contribution in [1.29, 1.82) is 0 Å². The zero-order valence-corrected chi connectivity index (χ0v) is 19.0. The summed E-state index contributed by atoms with van der Waals surface area (Å²) in [4.78, 5) is 39.5. The lowest BCUT2D eigenvalue weighted by Crippen LogP contribution is -2.49. The average molecular weight is 480 g/mol. The van der Waals surface area contributed by atoms with Gasteiger partial charge >= 0.3 is 0 Å². The lowest BCUT2D eigenvalue weighted by molar-refractivity contribution is -0.0129. The van der Waals surface area contributed by atoms with Crippen molar-refractivity contribution >= 4 is 11.8 Å². The SMILES string of the molecule is O=C(NCc1ccc(F)cc1)c1cn2c(c(O)c1=O)C(=O)N(CCCCc1ccccc1)C(O)C2. The van der Waals surface area contributed by atoms with Crippen LogP contribution in [0.15, 0.2) is 65.6 Å². The molecule has 3 N–H and O–H groups in total. The Morgan fingerprint density at radius 2 is 1.74 bits per heavy atom. The highest BCUT2D eigenvalue weighted by atomic mass is 19.1. The average Bonchev–Trinajstić information content (AvgIpc) is 2.85. The van der Waals surface area contributed by atoms with E-state index in [0.29, 0.717) is 12.0 Å². The number of hydrogen-bond donors (Lipinski definition) is 3. The Balaban J connectivity index is 1.44. The van der Waals surface area contributed by atoms with Crippen LogP contribution >= 0.6 is 0 Å². The zero-order chi connectivity index (χ0) is 24.9. The van der Waals surface area contributed by atoms with Crippen LogP contribution < -0.4 is 10.7 Å². The van der Waals surface area contributed by atoms with Crippen LogP contribution in [0.25, 0.3) is 0 Å². The van der Waals surface area contributed by atoms with E-state index < -0.39 is 35.0 Å².